The minimum Gasteiger partial charge on any atom is -0.454 e. The molecule has 1 aliphatic heterocycles. The zero-order valence-corrected chi connectivity index (χ0v) is 13.3. The topological polar surface area (TPSA) is 72.5 Å². The van der Waals surface area contributed by atoms with Gasteiger partial charge < -0.3 is 20.1 Å². The molecule has 4 rings (SSSR count). The Morgan fingerprint density at radius 3 is 2.75 bits per heavy atom. The molecule has 0 atom stereocenters. The van der Waals surface area contributed by atoms with Crippen LogP contribution in [0.25, 0.3) is 0 Å². The van der Waals surface area contributed by atoms with E-state index in [2.05, 4.69) is 15.6 Å². The molecule has 2 N–H and O–H groups in total. The lowest BCUT2D eigenvalue weighted by molar-refractivity contribution is 0.103. The predicted molar refractivity (Wildman–Crippen MR) is 92.4 cm³/mol. The smallest absolute Gasteiger partial charge is 0.266 e. The van der Waals surface area contributed by atoms with Crippen LogP contribution >= 0.6 is 11.3 Å². The summed E-state index contributed by atoms with van der Waals surface area (Å²) in [5.74, 6) is 1.80. The third-order valence-corrected chi connectivity index (χ3v) is 4.28. The lowest BCUT2D eigenvalue weighted by Crippen LogP contribution is -2.11. The van der Waals surface area contributed by atoms with Gasteiger partial charge in [0, 0.05) is 11.8 Å². The van der Waals surface area contributed by atoms with Gasteiger partial charge in [0.25, 0.3) is 5.91 Å². The fraction of sp³-hybridized carbons (Fsp3) is 0.0588. The second-order valence-electron chi connectivity index (χ2n) is 5.06. The van der Waals surface area contributed by atoms with Crippen molar-refractivity contribution in [1.29, 1.82) is 0 Å². The van der Waals surface area contributed by atoms with E-state index in [4.69, 9.17) is 9.47 Å². The number of nitrogens with zero attached hydrogens (tertiary/aromatic N) is 1. The first-order chi connectivity index (χ1) is 11.8. The van der Waals surface area contributed by atoms with Gasteiger partial charge in [-0.2, -0.15) is 0 Å². The number of benzene rings is 1. The molecule has 0 saturated carbocycles. The Hall–Kier alpha value is -3.06. The average Bonchev–Trinajstić information content (AvgIpc) is 3.27. The lowest BCUT2D eigenvalue weighted by atomic mass is 10.2. The summed E-state index contributed by atoms with van der Waals surface area (Å²) in [5, 5.41) is 7.86. The van der Waals surface area contributed by atoms with Gasteiger partial charge in [0.2, 0.25) is 6.79 Å². The molecule has 0 spiro atoms. The number of anilines is 3. The summed E-state index contributed by atoms with van der Waals surface area (Å²) in [6.07, 6.45) is 1.66. The largest absolute Gasteiger partial charge is 0.454 e. The predicted octanol–water partition coefficient (Wildman–Crippen LogP) is 3.87. The highest BCUT2D eigenvalue weighted by Crippen LogP contribution is 2.35. The SMILES string of the molecule is O=C(Nc1ccc(Nc2ccc3c(c2)OCO3)cn1)c1cccs1. The number of aromatic nitrogens is 1. The second-order valence-corrected chi connectivity index (χ2v) is 6.00. The van der Waals surface area contributed by atoms with Crippen LogP contribution in [0.15, 0.2) is 54.0 Å². The van der Waals surface area contributed by atoms with Crippen molar-refractivity contribution in [3.8, 4) is 11.5 Å². The average molecular weight is 339 g/mol. The molecule has 3 aromatic rings. The molecule has 0 radical (unpaired) electrons. The molecule has 24 heavy (non-hydrogen) atoms. The van der Waals surface area contributed by atoms with Crippen LogP contribution in [0.1, 0.15) is 9.67 Å². The van der Waals surface area contributed by atoms with E-state index in [1.807, 2.05) is 35.7 Å². The Labute approximate surface area is 142 Å². The van der Waals surface area contributed by atoms with E-state index in [0.29, 0.717) is 16.4 Å². The lowest BCUT2D eigenvalue weighted by Gasteiger charge is -2.08. The maximum Gasteiger partial charge on any atom is 0.266 e. The molecule has 1 amide bonds. The summed E-state index contributed by atoms with van der Waals surface area (Å²) in [7, 11) is 0. The van der Waals surface area contributed by atoms with Gasteiger partial charge in [-0.3, -0.25) is 4.79 Å². The molecule has 0 saturated heterocycles. The van der Waals surface area contributed by atoms with Crippen molar-refractivity contribution in [2.24, 2.45) is 0 Å². The highest BCUT2D eigenvalue weighted by atomic mass is 32.1. The number of carbonyl (C=O) groups is 1. The molecule has 0 aliphatic carbocycles. The fourth-order valence-corrected chi connectivity index (χ4v) is 2.89. The van der Waals surface area contributed by atoms with Crippen LogP contribution in [0.3, 0.4) is 0 Å². The molecular formula is C17H13N3O3S. The molecule has 6 nitrogen and oxygen atoms in total. The van der Waals surface area contributed by atoms with Crippen LogP contribution in [-0.2, 0) is 0 Å². The molecule has 1 aromatic carbocycles. The van der Waals surface area contributed by atoms with Crippen molar-refractivity contribution in [2.45, 2.75) is 0 Å². The van der Waals surface area contributed by atoms with E-state index in [1.165, 1.54) is 11.3 Å². The van der Waals surface area contributed by atoms with Gasteiger partial charge in [0.15, 0.2) is 11.5 Å². The third-order valence-electron chi connectivity index (χ3n) is 3.41. The van der Waals surface area contributed by atoms with Crippen LogP contribution in [0.5, 0.6) is 11.5 Å². The molecule has 0 fully saturated rings. The van der Waals surface area contributed by atoms with E-state index < -0.39 is 0 Å². The number of rotatable bonds is 4. The summed E-state index contributed by atoms with van der Waals surface area (Å²) >= 11 is 1.39. The van der Waals surface area contributed by atoms with Crippen LogP contribution in [0, 0.1) is 0 Å². The van der Waals surface area contributed by atoms with Crippen molar-refractivity contribution < 1.29 is 14.3 Å². The number of carbonyl (C=O) groups excluding carboxylic acids is 1. The van der Waals surface area contributed by atoms with Crippen LogP contribution in [-0.4, -0.2) is 17.7 Å². The van der Waals surface area contributed by atoms with Gasteiger partial charge in [-0.25, -0.2) is 4.98 Å². The number of nitrogens with one attached hydrogen (secondary N) is 2. The number of amides is 1. The van der Waals surface area contributed by atoms with Crippen molar-refractivity contribution in [1.82, 2.24) is 4.98 Å². The number of hydrogen-bond donors (Lipinski definition) is 2. The highest BCUT2D eigenvalue weighted by molar-refractivity contribution is 7.12. The normalized spacial score (nSPS) is 12.0. The first kappa shape index (κ1) is 14.5. The molecule has 7 heteroatoms. The number of hydrogen-bond acceptors (Lipinski definition) is 6. The molecule has 3 heterocycles. The monoisotopic (exact) mass is 339 g/mol. The number of thiophene rings is 1. The van der Waals surface area contributed by atoms with E-state index in [0.717, 1.165) is 17.1 Å². The third kappa shape index (κ3) is 3.02. The summed E-state index contributed by atoms with van der Waals surface area (Å²) in [5.41, 5.74) is 1.68. The van der Waals surface area contributed by atoms with Gasteiger partial charge in [0.05, 0.1) is 16.8 Å². The second kappa shape index (κ2) is 6.21. The van der Waals surface area contributed by atoms with Gasteiger partial charge in [-0.05, 0) is 35.7 Å². The van der Waals surface area contributed by atoms with Crippen LogP contribution in [0.4, 0.5) is 17.2 Å². The van der Waals surface area contributed by atoms with Gasteiger partial charge >= 0.3 is 0 Å². The minimum atomic E-state index is -0.158. The summed E-state index contributed by atoms with van der Waals surface area (Å²) < 4.78 is 10.6. The van der Waals surface area contributed by atoms with E-state index in [-0.39, 0.29) is 12.7 Å². The molecule has 0 bridgehead atoms. The van der Waals surface area contributed by atoms with Crippen molar-refractivity contribution in [2.75, 3.05) is 17.4 Å². The molecular weight excluding hydrogens is 326 g/mol. The summed E-state index contributed by atoms with van der Waals surface area (Å²) in [6.45, 7) is 0.249. The number of fused-ring (bicyclic) bond motifs is 1. The standard InChI is InChI=1S/C17H13N3O3S/c21-17(15-2-1-7-24-15)20-16-6-4-12(9-18-16)19-11-3-5-13-14(8-11)23-10-22-13/h1-9,19H,10H2,(H,18,20,21). The van der Waals surface area contributed by atoms with E-state index in [9.17, 15) is 4.79 Å². The highest BCUT2D eigenvalue weighted by Gasteiger charge is 2.13. The Morgan fingerprint density at radius 2 is 1.96 bits per heavy atom. The van der Waals surface area contributed by atoms with E-state index in [1.54, 1.807) is 18.3 Å². The number of pyridine rings is 1. The zero-order valence-electron chi connectivity index (χ0n) is 12.5. The fourth-order valence-electron chi connectivity index (χ4n) is 2.27. The Balaban J connectivity index is 1.43. The van der Waals surface area contributed by atoms with E-state index >= 15 is 0 Å². The Kier molecular flexibility index (Phi) is 3.76. The van der Waals surface area contributed by atoms with Gasteiger partial charge in [-0.15, -0.1) is 11.3 Å². The van der Waals surface area contributed by atoms with Gasteiger partial charge in [0.1, 0.15) is 5.82 Å². The van der Waals surface area contributed by atoms with Gasteiger partial charge in [-0.1, -0.05) is 6.07 Å². The maximum atomic E-state index is 12.0. The summed E-state index contributed by atoms with van der Waals surface area (Å²) in [6, 6.07) is 12.8. The first-order valence-corrected chi connectivity index (χ1v) is 8.13. The Bertz CT molecular complexity index is 863. The van der Waals surface area contributed by atoms with Crippen molar-refractivity contribution in [3.05, 3.63) is 58.9 Å². The van der Waals surface area contributed by atoms with Crippen molar-refractivity contribution in [3.63, 3.8) is 0 Å². The molecule has 0 unspecified atom stereocenters. The molecule has 120 valence electrons. The quantitative estimate of drug-likeness (QED) is 0.755. The van der Waals surface area contributed by atoms with Crippen LogP contribution in [0.2, 0.25) is 0 Å². The molecule has 2 aromatic heterocycles. The minimum absolute atomic E-state index is 0.158. The summed E-state index contributed by atoms with van der Waals surface area (Å²) in [4.78, 5) is 16.9. The molecule has 1 aliphatic rings. The zero-order chi connectivity index (χ0) is 16.4. The van der Waals surface area contributed by atoms with Crippen LogP contribution < -0.4 is 20.1 Å². The van der Waals surface area contributed by atoms with Crippen molar-refractivity contribution >= 4 is 34.4 Å². The maximum absolute atomic E-state index is 12.0. The number of ether oxygens (including phenoxy) is 2. The Morgan fingerprint density at radius 1 is 1.08 bits per heavy atom. The first-order valence-electron chi connectivity index (χ1n) is 7.25.